The molecule has 0 spiro atoms. The van der Waals surface area contributed by atoms with Crippen molar-refractivity contribution in [1.82, 2.24) is 10.9 Å². The van der Waals surface area contributed by atoms with Gasteiger partial charge in [-0.05, 0) is 35.7 Å². The predicted octanol–water partition coefficient (Wildman–Crippen LogP) is 3.65. The topological polar surface area (TPSA) is 67.4 Å². The lowest BCUT2D eigenvalue weighted by Crippen LogP contribution is -2.47. The van der Waals surface area contributed by atoms with Crippen LogP contribution in [0.1, 0.15) is 12.5 Å². The van der Waals surface area contributed by atoms with E-state index in [2.05, 4.69) is 10.9 Å². The Balaban J connectivity index is 1.48. The van der Waals surface area contributed by atoms with E-state index in [1.807, 2.05) is 54.6 Å². The van der Waals surface area contributed by atoms with Crippen molar-refractivity contribution >= 4 is 11.8 Å². The van der Waals surface area contributed by atoms with Crippen LogP contribution in [0.2, 0.25) is 0 Å². The van der Waals surface area contributed by atoms with Crippen molar-refractivity contribution in [2.24, 2.45) is 0 Å². The Morgan fingerprint density at radius 3 is 2.17 bits per heavy atom. The Morgan fingerprint density at radius 1 is 0.862 bits per heavy atom. The summed E-state index contributed by atoms with van der Waals surface area (Å²) in [6, 6.07) is 23.4. The Bertz CT molecular complexity index is 975. The molecule has 29 heavy (non-hydrogen) atoms. The van der Waals surface area contributed by atoms with Crippen LogP contribution in [0.3, 0.4) is 0 Å². The largest absolute Gasteiger partial charge is 0.478 e. The Kier molecular flexibility index (Phi) is 6.58. The summed E-state index contributed by atoms with van der Waals surface area (Å²) in [5.41, 5.74) is 7.61. The van der Waals surface area contributed by atoms with Crippen LogP contribution in [-0.2, 0) is 16.0 Å². The van der Waals surface area contributed by atoms with E-state index < -0.39 is 17.8 Å². The van der Waals surface area contributed by atoms with Gasteiger partial charge in [0.05, 0.1) is 6.42 Å². The van der Waals surface area contributed by atoms with E-state index in [9.17, 15) is 14.0 Å². The molecular formula is C23H21FN2O3. The maximum absolute atomic E-state index is 13.6. The molecule has 0 bridgehead atoms. The van der Waals surface area contributed by atoms with Crippen LogP contribution < -0.4 is 15.6 Å². The summed E-state index contributed by atoms with van der Waals surface area (Å²) in [6.07, 6.45) is -0.866. The number of ether oxygens (including phenoxy) is 1. The second-order valence-electron chi connectivity index (χ2n) is 6.47. The lowest BCUT2D eigenvalue weighted by atomic mass is 10.0. The summed E-state index contributed by atoms with van der Waals surface area (Å²) in [5.74, 6) is -1.54. The highest BCUT2D eigenvalue weighted by molar-refractivity contribution is 5.85. The molecule has 1 unspecified atom stereocenters. The number of halogens is 1. The number of para-hydroxylation sites is 1. The van der Waals surface area contributed by atoms with Gasteiger partial charge in [-0.25, -0.2) is 4.39 Å². The minimum atomic E-state index is -0.975. The van der Waals surface area contributed by atoms with Crippen molar-refractivity contribution < 1.29 is 18.7 Å². The van der Waals surface area contributed by atoms with E-state index in [4.69, 9.17) is 4.74 Å². The number of hydrazine groups is 1. The lowest BCUT2D eigenvalue weighted by molar-refractivity contribution is -0.132. The van der Waals surface area contributed by atoms with Gasteiger partial charge in [0, 0.05) is 0 Å². The SMILES string of the molecule is CC(Oc1ccccc1F)C(=O)NNC(=O)Cc1ccc(-c2ccccc2)cc1. The minimum absolute atomic E-state index is 0.0278. The van der Waals surface area contributed by atoms with Gasteiger partial charge in [-0.2, -0.15) is 0 Å². The molecule has 0 aliphatic rings. The molecule has 0 saturated carbocycles. The Hall–Kier alpha value is -3.67. The molecular weight excluding hydrogens is 371 g/mol. The van der Waals surface area contributed by atoms with Crippen LogP contribution in [0.4, 0.5) is 4.39 Å². The number of nitrogens with one attached hydrogen (secondary N) is 2. The van der Waals surface area contributed by atoms with Crippen molar-refractivity contribution in [3.05, 3.63) is 90.2 Å². The third kappa shape index (κ3) is 5.65. The predicted molar refractivity (Wildman–Crippen MR) is 108 cm³/mol. The minimum Gasteiger partial charge on any atom is -0.478 e. The van der Waals surface area contributed by atoms with Gasteiger partial charge in [-0.15, -0.1) is 0 Å². The summed E-state index contributed by atoms with van der Waals surface area (Å²) >= 11 is 0. The molecule has 0 saturated heterocycles. The van der Waals surface area contributed by atoms with E-state index in [0.717, 1.165) is 16.7 Å². The normalized spacial score (nSPS) is 11.4. The summed E-state index contributed by atoms with van der Waals surface area (Å²) in [4.78, 5) is 24.1. The molecule has 1 atom stereocenters. The number of hydrogen-bond donors (Lipinski definition) is 2. The van der Waals surface area contributed by atoms with Gasteiger partial charge in [0.2, 0.25) is 5.91 Å². The number of carbonyl (C=O) groups is 2. The molecule has 3 aromatic carbocycles. The second kappa shape index (κ2) is 9.50. The van der Waals surface area contributed by atoms with Crippen LogP contribution in [0.5, 0.6) is 5.75 Å². The molecule has 0 aliphatic heterocycles. The first-order chi connectivity index (χ1) is 14.0. The molecule has 0 fully saturated rings. The smallest absolute Gasteiger partial charge is 0.279 e. The fraction of sp³-hybridized carbons (Fsp3) is 0.130. The molecule has 0 radical (unpaired) electrons. The quantitative estimate of drug-likeness (QED) is 0.630. The average Bonchev–Trinajstić information content (AvgIpc) is 2.75. The number of carbonyl (C=O) groups excluding carboxylic acids is 2. The maximum Gasteiger partial charge on any atom is 0.279 e. The monoisotopic (exact) mass is 392 g/mol. The molecule has 148 valence electrons. The molecule has 0 aromatic heterocycles. The zero-order valence-electron chi connectivity index (χ0n) is 15.9. The first-order valence-electron chi connectivity index (χ1n) is 9.17. The number of rotatable bonds is 6. The fourth-order valence-electron chi connectivity index (χ4n) is 2.69. The molecule has 3 aromatic rings. The summed E-state index contributed by atoms with van der Waals surface area (Å²) in [6.45, 7) is 1.47. The first-order valence-corrected chi connectivity index (χ1v) is 9.17. The van der Waals surface area contributed by atoms with Gasteiger partial charge in [0.1, 0.15) is 0 Å². The third-order valence-electron chi connectivity index (χ3n) is 4.26. The van der Waals surface area contributed by atoms with Gasteiger partial charge in [0.15, 0.2) is 17.7 Å². The van der Waals surface area contributed by atoms with E-state index in [-0.39, 0.29) is 18.1 Å². The third-order valence-corrected chi connectivity index (χ3v) is 4.26. The van der Waals surface area contributed by atoms with Crippen LogP contribution >= 0.6 is 0 Å². The summed E-state index contributed by atoms with van der Waals surface area (Å²) in [5, 5.41) is 0. The lowest BCUT2D eigenvalue weighted by Gasteiger charge is -2.15. The second-order valence-corrected chi connectivity index (χ2v) is 6.47. The highest BCUT2D eigenvalue weighted by Gasteiger charge is 2.17. The number of amides is 2. The van der Waals surface area contributed by atoms with E-state index in [0.29, 0.717) is 0 Å². The van der Waals surface area contributed by atoms with Crippen LogP contribution in [0, 0.1) is 5.82 Å². The van der Waals surface area contributed by atoms with Crippen LogP contribution in [0.15, 0.2) is 78.9 Å². The molecule has 2 amide bonds. The van der Waals surface area contributed by atoms with Crippen molar-refractivity contribution in [2.45, 2.75) is 19.4 Å². The molecule has 5 nitrogen and oxygen atoms in total. The fourth-order valence-corrected chi connectivity index (χ4v) is 2.69. The molecule has 6 heteroatoms. The van der Waals surface area contributed by atoms with Gasteiger partial charge in [-0.3, -0.25) is 20.4 Å². The number of benzene rings is 3. The van der Waals surface area contributed by atoms with Gasteiger partial charge in [0.25, 0.3) is 5.91 Å². The number of hydrogen-bond acceptors (Lipinski definition) is 3. The Morgan fingerprint density at radius 2 is 1.48 bits per heavy atom. The van der Waals surface area contributed by atoms with Gasteiger partial charge < -0.3 is 4.74 Å². The van der Waals surface area contributed by atoms with Crippen molar-refractivity contribution in [1.29, 1.82) is 0 Å². The standard InChI is InChI=1S/C23H21FN2O3/c1-16(29-21-10-6-5-9-20(21)24)23(28)26-25-22(27)15-17-11-13-19(14-12-17)18-7-3-2-4-8-18/h2-14,16H,15H2,1H3,(H,25,27)(H,26,28). The molecule has 2 N–H and O–H groups in total. The van der Waals surface area contributed by atoms with E-state index in [1.54, 1.807) is 6.07 Å². The molecule has 0 aliphatic carbocycles. The zero-order chi connectivity index (χ0) is 20.6. The van der Waals surface area contributed by atoms with E-state index >= 15 is 0 Å². The summed E-state index contributed by atoms with van der Waals surface area (Å²) < 4.78 is 18.9. The molecule has 3 rings (SSSR count). The average molecular weight is 392 g/mol. The highest BCUT2D eigenvalue weighted by Crippen LogP contribution is 2.19. The van der Waals surface area contributed by atoms with E-state index in [1.165, 1.54) is 25.1 Å². The van der Waals surface area contributed by atoms with Gasteiger partial charge >= 0.3 is 0 Å². The van der Waals surface area contributed by atoms with Crippen LogP contribution in [0.25, 0.3) is 11.1 Å². The Labute approximate surface area is 168 Å². The van der Waals surface area contributed by atoms with Gasteiger partial charge in [-0.1, -0.05) is 66.7 Å². The van der Waals surface area contributed by atoms with Crippen molar-refractivity contribution in [3.8, 4) is 16.9 Å². The highest BCUT2D eigenvalue weighted by atomic mass is 19.1. The maximum atomic E-state index is 13.6. The molecule has 0 heterocycles. The summed E-state index contributed by atoms with van der Waals surface area (Å²) in [7, 11) is 0. The van der Waals surface area contributed by atoms with Crippen molar-refractivity contribution in [3.63, 3.8) is 0 Å². The van der Waals surface area contributed by atoms with Crippen LogP contribution in [-0.4, -0.2) is 17.9 Å². The van der Waals surface area contributed by atoms with Crippen molar-refractivity contribution in [2.75, 3.05) is 0 Å². The first kappa shape index (κ1) is 20.1. The zero-order valence-corrected chi connectivity index (χ0v) is 15.9.